The first-order valence-corrected chi connectivity index (χ1v) is 13.4. The average molecular weight is 508 g/mol. The highest BCUT2D eigenvalue weighted by molar-refractivity contribution is 7.99. The van der Waals surface area contributed by atoms with Crippen LogP contribution in [0.2, 0.25) is 10.0 Å². The number of rotatable bonds is 10. The van der Waals surface area contributed by atoms with Crippen molar-refractivity contribution in [2.24, 2.45) is 0 Å². The van der Waals surface area contributed by atoms with Gasteiger partial charge in [0, 0.05) is 45.3 Å². The van der Waals surface area contributed by atoms with E-state index in [9.17, 15) is 9.59 Å². The van der Waals surface area contributed by atoms with E-state index >= 15 is 0 Å². The molecule has 2 amide bonds. The highest BCUT2D eigenvalue weighted by Gasteiger charge is 2.31. The summed E-state index contributed by atoms with van der Waals surface area (Å²) in [6.07, 6.45) is 6.35. The van der Waals surface area contributed by atoms with Gasteiger partial charge in [0.05, 0.1) is 0 Å². The Bertz CT molecular complexity index is 900. The van der Waals surface area contributed by atoms with Crippen molar-refractivity contribution >= 4 is 46.8 Å². The molecule has 1 atom stereocenters. The van der Waals surface area contributed by atoms with Gasteiger partial charge in [0.15, 0.2) is 0 Å². The number of nitrogens with one attached hydrogen (secondary N) is 1. The molecular formula is C26H32Cl2N2O2S. The average Bonchev–Trinajstić information content (AvgIpc) is 2.82. The fraction of sp³-hybridized carbons (Fsp3) is 0.462. The number of nitrogens with zero attached hydrogens (tertiary/aromatic N) is 1. The largest absolute Gasteiger partial charge is 0.352 e. The van der Waals surface area contributed by atoms with Crippen LogP contribution in [0.1, 0.15) is 57.4 Å². The van der Waals surface area contributed by atoms with Gasteiger partial charge < -0.3 is 10.2 Å². The molecule has 1 saturated carbocycles. The van der Waals surface area contributed by atoms with Gasteiger partial charge in [0.25, 0.3) is 0 Å². The molecule has 0 spiro atoms. The van der Waals surface area contributed by atoms with E-state index in [2.05, 4.69) is 5.32 Å². The molecule has 1 aliphatic rings. The number of hydrogen-bond donors (Lipinski definition) is 1. The zero-order valence-electron chi connectivity index (χ0n) is 19.1. The van der Waals surface area contributed by atoms with Crippen molar-refractivity contribution in [1.82, 2.24) is 10.2 Å². The minimum atomic E-state index is -0.562. The van der Waals surface area contributed by atoms with E-state index in [0.717, 1.165) is 30.6 Å². The minimum Gasteiger partial charge on any atom is -0.352 e. The third-order valence-corrected chi connectivity index (χ3v) is 7.78. The first kappa shape index (κ1) is 25.9. The number of halogens is 2. The summed E-state index contributed by atoms with van der Waals surface area (Å²) in [7, 11) is 0. The molecule has 33 heavy (non-hydrogen) atoms. The lowest BCUT2D eigenvalue weighted by Gasteiger charge is -2.33. The predicted octanol–water partition coefficient (Wildman–Crippen LogP) is 6.73. The van der Waals surface area contributed by atoms with Crippen molar-refractivity contribution in [3.8, 4) is 0 Å². The van der Waals surface area contributed by atoms with Crippen molar-refractivity contribution in [3.63, 3.8) is 0 Å². The standard InChI is InChI=1S/C26H32Cl2N2O2S/c1-2-24(26(32)29-19-10-5-3-6-11-19)30(18-21-22(27)14-9-15-23(21)28)25(31)16-17-33-20-12-7-4-8-13-20/h4,7-9,12-15,19,24H,2-3,5-6,10-11,16-18H2,1H3,(H,29,32)/t24-/m1/s1. The Hall–Kier alpha value is -1.69. The van der Waals surface area contributed by atoms with E-state index in [1.807, 2.05) is 37.3 Å². The van der Waals surface area contributed by atoms with Crippen LogP contribution in [-0.2, 0) is 16.1 Å². The monoisotopic (exact) mass is 506 g/mol. The van der Waals surface area contributed by atoms with Gasteiger partial charge in [-0.15, -0.1) is 11.8 Å². The van der Waals surface area contributed by atoms with Gasteiger partial charge in [0.1, 0.15) is 6.04 Å². The summed E-state index contributed by atoms with van der Waals surface area (Å²) < 4.78 is 0. The molecule has 0 bridgehead atoms. The van der Waals surface area contributed by atoms with E-state index in [-0.39, 0.29) is 24.4 Å². The Balaban J connectivity index is 1.75. The van der Waals surface area contributed by atoms with Crippen LogP contribution in [-0.4, -0.2) is 34.6 Å². The molecular weight excluding hydrogens is 475 g/mol. The number of amides is 2. The predicted molar refractivity (Wildman–Crippen MR) is 138 cm³/mol. The molecule has 4 nitrogen and oxygen atoms in total. The third kappa shape index (κ3) is 7.66. The molecule has 2 aromatic carbocycles. The molecule has 0 radical (unpaired) electrons. The number of carbonyl (C=O) groups is 2. The normalized spacial score (nSPS) is 15.1. The summed E-state index contributed by atoms with van der Waals surface area (Å²) in [6, 6.07) is 14.9. The summed E-state index contributed by atoms with van der Waals surface area (Å²) in [5.74, 6) is 0.479. The lowest BCUT2D eigenvalue weighted by Crippen LogP contribution is -2.51. The van der Waals surface area contributed by atoms with Crippen LogP contribution in [0.5, 0.6) is 0 Å². The van der Waals surface area contributed by atoms with Gasteiger partial charge in [0.2, 0.25) is 11.8 Å². The molecule has 1 aliphatic carbocycles. The lowest BCUT2D eigenvalue weighted by atomic mass is 9.95. The first-order valence-electron chi connectivity index (χ1n) is 11.7. The lowest BCUT2D eigenvalue weighted by molar-refractivity contribution is -0.141. The summed E-state index contributed by atoms with van der Waals surface area (Å²) in [5.41, 5.74) is 0.675. The zero-order valence-corrected chi connectivity index (χ0v) is 21.4. The van der Waals surface area contributed by atoms with Crippen LogP contribution in [0.4, 0.5) is 0 Å². The third-order valence-electron chi connectivity index (χ3n) is 6.06. The topological polar surface area (TPSA) is 49.4 Å². The Kier molecular flexibility index (Phi) is 10.4. The Morgan fingerprint density at radius 1 is 1.03 bits per heavy atom. The fourth-order valence-electron chi connectivity index (χ4n) is 4.23. The van der Waals surface area contributed by atoms with Gasteiger partial charge in [-0.1, -0.05) is 73.7 Å². The Labute approximate surface area is 211 Å². The maximum atomic E-state index is 13.4. The smallest absolute Gasteiger partial charge is 0.243 e. The number of carbonyl (C=O) groups excluding carboxylic acids is 2. The van der Waals surface area contributed by atoms with Crippen molar-refractivity contribution < 1.29 is 9.59 Å². The van der Waals surface area contributed by atoms with Crippen LogP contribution >= 0.6 is 35.0 Å². The number of hydrogen-bond acceptors (Lipinski definition) is 3. The van der Waals surface area contributed by atoms with Crippen molar-refractivity contribution in [2.45, 2.75) is 75.4 Å². The molecule has 3 rings (SSSR count). The van der Waals surface area contributed by atoms with Gasteiger partial charge in [-0.25, -0.2) is 0 Å². The number of thioether (sulfide) groups is 1. The van der Waals surface area contributed by atoms with Gasteiger partial charge in [-0.2, -0.15) is 0 Å². The molecule has 1 fully saturated rings. The van der Waals surface area contributed by atoms with Crippen LogP contribution in [0, 0.1) is 0 Å². The molecule has 0 saturated heterocycles. The molecule has 0 aromatic heterocycles. The van der Waals surface area contributed by atoms with Gasteiger partial charge in [-0.3, -0.25) is 9.59 Å². The molecule has 178 valence electrons. The summed E-state index contributed by atoms with van der Waals surface area (Å²) in [4.78, 5) is 29.5. The van der Waals surface area contributed by atoms with E-state index < -0.39 is 6.04 Å². The van der Waals surface area contributed by atoms with Gasteiger partial charge >= 0.3 is 0 Å². The Morgan fingerprint density at radius 3 is 2.33 bits per heavy atom. The summed E-state index contributed by atoms with van der Waals surface area (Å²) in [6.45, 7) is 2.16. The molecule has 7 heteroatoms. The maximum Gasteiger partial charge on any atom is 0.243 e. The van der Waals surface area contributed by atoms with Crippen LogP contribution < -0.4 is 5.32 Å². The second kappa shape index (κ2) is 13.3. The quantitative estimate of drug-likeness (QED) is 0.363. The van der Waals surface area contributed by atoms with E-state index in [0.29, 0.717) is 34.2 Å². The summed E-state index contributed by atoms with van der Waals surface area (Å²) in [5, 5.41) is 4.20. The second-order valence-electron chi connectivity index (χ2n) is 8.40. The van der Waals surface area contributed by atoms with E-state index in [1.54, 1.807) is 34.9 Å². The van der Waals surface area contributed by atoms with Crippen molar-refractivity contribution in [2.75, 3.05) is 5.75 Å². The second-order valence-corrected chi connectivity index (χ2v) is 10.4. The highest BCUT2D eigenvalue weighted by atomic mass is 35.5. The van der Waals surface area contributed by atoms with Crippen LogP contribution in [0.15, 0.2) is 53.4 Å². The van der Waals surface area contributed by atoms with E-state index in [1.165, 1.54) is 6.42 Å². The molecule has 1 N–H and O–H groups in total. The highest BCUT2D eigenvalue weighted by Crippen LogP contribution is 2.28. The van der Waals surface area contributed by atoms with Crippen LogP contribution in [0.3, 0.4) is 0 Å². The molecule has 0 unspecified atom stereocenters. The minimum absolute atomic E-state index is 0.0694. The number of benzene rings is 2. The molecule has 0 heterocycles. The van der Waals surface area contributed by atoms with E-state index in [4.69, 9.17) is 23.2 Å². The molecule has 2 aromatic rings. The van der Waals surface area contributed by atoms with Crippen LogP contribution in [0.25, 0.3) is 0 Å². The first-order chi connectivity index (χ1) is 16.0. The SMILES string of the molecule is CC[C@H](C(=O)NC1CCCCC1)N(Cc1c(Cl)cccc1Cl)C(=O)CCSc1ccccc1. The summed E-state index contributed by atoms with van der Waals surface area (Å²) >= 11 is 14.5. The van der Waals surface area contributed by atoms with Crippen molar-refractivity contribution in [3.05, 3.63) is 64.1 Å². The Morgan fingerprint density at radius 2 is 1.70 bits per heavy atom. The van der Waals surface area contributed by atoms with Gasteiger partial charge in [-0.05, 0) is 43.5 Å². The maximum absolute atomic E-state index is 13.4. The van der Waals surface area contributed by atoms with Crippen molar-refractivity contribution in [1.29, 1.82) is 0 Å². The fourth-order valence-corrected chi connectivity index (χ4v) is 5.61. The zero-order chi connectivity index (χ0) is 23.6. The molecule has 0 aliphatic heterocycles.